The fraction of sp³-hybridized carbons (Fsp3) is 0.455. The van der Waals surface area contributed by atoms with Crippen molar-refractivity contribution in [2.45, 2.75) is 47.8 Å². The molecule has 0 spiro atoms. The van der Waals surface area contributed by atoms with Crippen molar-refractivity contribution in [3.63, 3.8) is 0 Å². The number of benzene rings is 2. The second kappa shape index (κ2) is 8.01. The van der Waals surface area contributed by atoms with Gasteiger partial charge in [0.25, 0.3) is 0 Å². The highest BCUT2D eigenvalue weighted by Crippen LogP contribution is 2.39. The van der Waals surface area contributed by atoms with Crippen molar-refractivity contribution in [1.29, 1.82) is 0 Å². The average molecular weight is 435 g/mol. The van der Waals surface area contributed by atoms with Crippen LogP contribution in [0.1, 0.15) is 31.2 Å². The van der Waals surface area contributed by atoms with Gasteiger partial charge in [-0.05, 0) is 42.7 Å². The molecule has 0 amide bonds. The van der Waals surface area contributed by atoms with E-state index in [1.807, 2.05) is 0 Å². The molecule has 0 radical (unpaired) electrons. The number of hydrogen-bond acceptors (Lipinski definition) is 5. The first-order valence-electron chi connectivity index (χ1n) is 10.2. The Bertz CT molecular complexity index is 978. The fourth-order valence-corrected chi connectivity index (χ4v) is 6.10. The molecule has 8 heteroatoms. The second-order valence-corrected chi connectivity index (χ2v) is 10.3. The molecule has 0 aromatic heterocycles. The van der Waals surface area contributed by atoms with E-state index in [9.17, 15) is 23.0 Å². The predicted octanol–water partition coefficient (Wildman–Crippen LogP) is 1.98. The van der Waals surface area contributed by atoms with Crippen molar-refractivity contribution < 1.29 is 23.0 Å². The van der Waals surface area contributed by atoms with Crippen LogP contribution < -0.4 is 5.32 Å². The summed E-state index contributed by atoms with van der Waals surface area (Å²) in [5.41, 5.74) is -1.10. The lowest BCUT2D eigenvalue weighted by molar-refractivity contribution is -0.0431. The molecule has 162 valence electrons. The molecule has 1 heterocycles. The molecule has 2 aromatic rings. The fourth-order valence-electron chi connectivity index (χ4n) is 4.57. The molecular weight excluding hydrogens is 407 g/mol. The Kier molecular flexibility index (Phi) is 5.71. The van der Waals surface area contributed by atoms with Crippen molar-refractivity contribution >= 4 is 10.0 Å². The number of nitrogens with zero attached hydrogens (tertiary/aromatic N) is 1. The van der Waals surface area contributed by atoms with Gasteiger partial charge in [0, 0.05) is 25.2 Å². The molecule has 0 unspecified atom stereocenters. The van der Waals surface area contributed by atoms with Crippen LogP contribution in [0.5, 0.6) is 0 Å². The van der Waals surface area contributed by atoms with Crippen LogP contribution in [0, 0.1) is 5.82 Å². The summed E-state index contributed by atoms with van der Waals surface area (Å²) in [5.74, 6) is -0.307. The second-order valence-electron chi connectivity index (χ2n) is 8.38. The van der Waals surface area contributed by atoms with Gasteiger partial charge in [-0.15, -0.1) is 0 Å². The summed E-state index contributed by atoms with van der Waals surface area (Å²) in [5, 5.41) is 25.1. The Morgan fingerprint density at radius 2 is 1.70 bits per heavy atom. The minimum absolute atomic E-state index is 0.0341. The summed E-state index contributed by atoms with van der Waals surface area (Å²) in [6.07, 6.45) is 2.45. The van der Waals surface area contributed by atoms with E-state index in [0.29, 0.717) is 0 Å². The van der Waals surface area contributed by atoms with Gasteiger partial charge in [-0.2, -0.15) is 4.31 Å². The molecule has 1 aliphatic carbocycles. The van der Waals surface area contributed by atoms with Crippen molar-refractivity contribution in [3.05, 3.63) is 66.0 Å². The van der Waals surface area contributed by atoms with Crippen LogP contribution in [0.4, 0.5) is 4.39 Å². The quantitative estimate of drug-likeness (QED) is 0.647. The van der Waals surface area contributed by atoms with Gasteiger partial charge in [-0.25, -0.2) is 12.8 Å². The lowest BCUT2D eigenvalue weighted by Crippen LogP contribution is -2.55. The molecular formula is C22H27FN2O4S. The van der Waals surface area contributed by atoms with Crippen LogP contribution in [0.25, 0.3) is 0 Å². The topological polar surface area (TPSA) is 89.9 Å². The Labute approximate surface area is 176 Å². The van der Waals surface area contributed by atoms with E-state index in [-0.39, 0.29) is 30.3 Å². The van der Waals surface area contributed by atoms with Crippen molar-refractivity contribution in [1.82, 2.24) is 9.62 Å². The standard InChI is InChI=1S/C22H27FN2O4S/c23-18-10-8-17(9-11-18)21(12-4-5-13-21)24-15-22(27)16-25(14-20(22)26)30(28,29)19-6-2-1-3-7-19/h1-3,6-11,20,24,26-27H,4-5,12-16H2/t20-,22+/m1/s1. The zero-order valence-corrected chi connectivity index (χ0v) is 17.5. The highest BCUT2D eigenvalue weighted by molar-refractivity contribution is 7.89. The smallest absolute Gasteiger partial charge is 0.243 e. The number of aliphatic hydroxyl groups is 2. The Morgan fingerprint density at radius 3 is 2.33 bits per heavy atom. The zero-order chi connectivity index (χ0) is 21.4. The molecule has 1 saturated carbocycles. The Balaban J connectivity index is 1.52. The van der Waals surface area contributed by atoms with Gasteiger partial charge < -0.3 is 15.5 Å². The first-order valence-corrected chi connectivity index (χ1v) is 11.7. The molecule has 0 bridgehead atoms. The number of hydrogen-bond donors (Lipinski definition) is 3. The minimum atomic E-state index is -3.81. The average Bonchev–Trinajstić information content (AvgIpc) is 3.34. The minimum Gasteiger partial charge on any atom is -0.389 e. The summed E-state index contributed by atoms with van der Waals surface area (Å²) in [4.78, 5) is 0.132. The summed E-state index contributed by atoms with van der Waals surface area (Å²) in [7, 11) is -3.81. The molecule has 4 rings (SSSR count). The predicted molar refractivity (Wildman–Crippen MR) is 111 cm³/mol. The maximum Gasteiger partial charge on any atom is 0.243 e. The Morgan fingerprint density at radius 1 is 1.07 bits per heavy atom. The number of aliphatic hydroxyl groups excluding tert-OH is 1. The lowest BCUT2D eigenvalue weighted by Gasteiger charge is -2.36. The molecule has 2 aromatic carbocycles. The number of nitrogens with one attached hydrogen (secondary N) is 1. The largest absolute Gasteiger partial charge is 0.389 e. The highest BCUT2D eigenvalue weighted by atomic mass is 32.2. The van der Waals surface area contributed by atoms with E-state index in [1.165, 1.54) is 24.3 Å². The third kappa shape index (κ3) is 3.90. The first-order chi connectivity index (χ1) is 14.3. The molecule has 30 heavy (non-hydrogen) atoms. The summed E-state index contributed by atoms with van der Waals surface area (Å²) < 4.78 is 40.3. The summed E-state index contributed by atoms with van der Waals surface area (Å²) in [6, 6.07) is 14.3. The van der Waals surface area contributed by atoms with Crippen LogP contribution in [-0.4, -0.2) is 54.3 Å². The maximum absolute atomic E-state index is 13.4. The van der Waals surface area contributed by atoms with E-state index in [4.69, 9.17) is 0 Å². The van der Waals surface area contributed by atoms with Crippen molar-refractivity contribution in [3.8, 4) is 0 Å². The zero-order valence-electron chi connectivity index (χ0n) is 16.7. The van der Waals surface area contributed by atoms with Gasteiger partial charge in [-0.1, -0.05) is 43.2 Å². The molecule has 6 nitrogen and oxygen atoms in total. The number of sulfonamides is 1. The molecule has 1 saturated heterocycles. The van der Waals surface area contributed by atoms with E-state index >= 15 is 0 Å². The van der Waals surface area contributed by atoms with Gasteiger partial charge >= 0.3 is 0 Å². The van der Waals surface area contributed by atoms with Gasteiger partial charge in [-0.3, -0.25) is 0 Å². The van der Waals surface area contributed by atoms with E-state index in [0.717, 1.165) is 35.6 Å². The SMILES string of the molecule is O=S(=O)(c1ccccc1)N1C[C@@H](O)[C@](O)(CNC2(c3ccc(F)cc3)CCCC2)C1. The van der Waals surface area contributed by atoms with Crippen LogP contribution in [0.3, 0.4) is 0 Å². The monoisotopic (exact) mass is 434 g/mol. The number of rotatable bonds is 6. The molecule has 2 aliphatic rings. The molecule has 2 fully saturated rings. The lowest BCUT2D eigenvalue weighted by atomic mass is 9.86. The van der Waals surface area contributed by atoms with Crippen LogP contribution in [-0.2, 0) is 15.6 Å². The van der Waals surface area contributed by atoms with Crippen LogP contribution >= 0.6 is 0 Å². The molecule has 2 atom stereocenters. The van der Waals surface area contributed by atoms with Gasteiger partial charge in [0.1, 0.15) is 11.4 Å². The normalized spacial score (nSPS) is 26.8. The van der Waals surface area contributed by atoms with E-state index in [1.54, 1.807) is 30.3 Å². The van der Waals surface area contributed by atoms with Crippen molar-refractivity contribution in [2.24, 2.45) is 0 Å². The van der Waals surface area contributed by atoms with E-state index < -0.39 is 27.3 Å². The van der Waals surface area contributed by atoms with Gasteiger partial charge in [0.2, 0.25) is 10.0 Å². The molecule has 1 aliphatic heterocycles. The first kappa shape index (κ1) is 21.4. The van der Waals surface area contributed by atoms with Crippen LogP contribution in [0.2, 0.25) is 0 Å². The van der Waals surface area contributed by atoms with Gasteiger partial charge in [0.15, 0.2) is 0 Å². The summed E-state index contributed by atoms with van der Waals surface area (Å²) in [6.45, 7) is -0.330. The third-order valence-electron chi connectivity index (χ3n) is 6.41. The van der Waals surface area contributed by atoms with Gasteiger partial charge in [0.05, 0.1) is 11.0 Å². The van der Waals surface area contributed by atoms with Crippen molar-refractivity contribution in [2.75, 3.05) is 19.6 Å². The van der Waals surface area contributed by atoms with E-state index in [2.05, 4.69) is 5.32 Å². The summed E-state index contributed by atoms with van der Waals surface area (Å²) >= 11 is 0. The highest BCUT2D eigenvalue weighted by Gasteiger charge is 2.50. The molecule has 3 N–H and O–H groups in total. The third-order valence-corrected chi connectivity index (χ3v) is 8.24. The maximum atomic E-state index is 13.4. The number of halogens is 1. The van der Waals surface area contributed by atoms with Crippen LogP contribution in [0.15, 0.2) is 59.5 Å². The Hall–Kier alpha value is -1.84. The number of β-amino-alcohol motifs (C(OH)–C–C–N with tert-alkyl or cyclic N) is 2.